The molecule has 0 saturated carbocycles. The normalized spacial score (nSPS) is 26.5. The SMILES string of the molecule is CC1CCC2C(=NCc3nc4ccccc4[nH]3)NC(N3CCCC3)N=C2N(c2cccc(F)c2)C1. The Balaban J connectivity index is 1.38. The van der Waals surface area contributed by atoms with Gasteiger partial charge in [0.15, 0.2) is 6.29 Å². The number of hydrogen-bond acceptors (Lipinski definition) is 5. The molecule has 8 heteroatoms. The number of rotatable bonds is 4. The van der Waals surface area contributed by atoms with E-state index in [1.807, 2.05) is 30.3 Å². The Labute approximate surface area is 205 Å². The molecule has 35 heavy (non-hydrogen) atoms. The molecule has 2 aromatic carbocycles. The zero-order valence-electron chi connectivity index (χ0n) is 20.1. The standard InChI is InChI=1S/C27H32FN7/c1-18-11-12-21-25(29-16-24-30-22-9-2-3-10-23(22)31-24)32-27(34-13-4-5-14-34)33-26(21)35(17-18)20-8-6-7-19(28)15-20/h2-3,6-10,15,18,21,27H,4-5,11-14,16-17H2,1H3,(H,29,32)(H,30,31). The van der Waals surface area contributed by atoms with Gasteiger partial charge in [-0.3, -0.25) is 9.89 Å². The van der Waals surface area contributed by atoms with E-state index >= 15 is 0 Å². The topological polar surface area (TPSA) is 71.9 Å². The number of anilines is 1. The highest BCUT2D eigenvalue weighted by Gasteiger charge is 2.38. The number of para-hydroxylation sites is 2. The number of halogens is 1. The molecule has 0 amide bonds. The first-order valence-electron chi connectivity index (χ1n) is 12.7. The lowest BCUT2D eigenvalue weighted by molar-refractivity contribution is 0.228. The van der Waals surface area contributed by atoms with E-state index < -0.39 is 0 Å². The van der Waals surface area contributed by atoms with Crippen LogP contribution in [0.25, 0.3) is 11.0 Å². The van der Waals surface area contributed by atoms with Crippen LogP contribution in [0.15, 0.2) is 58.5 Å². The van der Waals surface area contributed by atoms with Crippen LogP contribution in [0.1, 0.15) is 38.4 Å². The van der Waals surface area contributed by atoms with Crippen molar-refractivity contribution in [1.29, 1.82) is 0 Å². The van der Waals surface area contributed by atoms with Gasteiger partial charge in [0.1, 0.15) is 23.3 Å². The van der Waals surface area contributed by atoms with Gasteiger partial charge in [-0.2, -0.15) is 0 Å². The van der Waals surface area contributed by atoms with Gasteiger partial charge in [-0.1, -0.05) is 25.1 Å². The van der Waals surface area contributed by atoms with Crippen LogP contribution >= 0.6 is 0 Å². The van der Waals surface area contributed by atoms with Crippen molar-refractivity contribution >= 4 is 28.4 Å². The van der Waals surface area contributed by atoms with E-state index in [0.717, 1.165) is 66.7 Å². The summed E-state index contributed by atoms with van der Waals surface area (Å²) in [6.45, 7) is 5.60. The van der Waals surface area contributed by atoms with Crippen LogP contribution in [0.3, 0.4) is 0 Å². The molecule has 3 aliphatic heterocycles. The fraction of sp³-hybridized carbons (Fsp3) is 0.444. The molecule has 0 aliphatic carbocycles. The first-order chi connectivity index (χ1) is 17.1. The van der Waals surface area contributed by atoms with Gasteiger partial charge < -0.3 is 15.2 Å². The molecule has 3 aromatic rings. The molecule has 3 aliphatic rings. The smallest absolute Gasteiger partial charge is 0.179 e. The number of aromatic nitrogens is 2. The monoisotopic (exact) mass is 473 g/mol. The van der Waals surface area contributed by atoms with Gasteiger partial charge in [0, 0.05) is 25.3 Å². The largest absolute Gasteiger partial charge is 0.340 e. The number of aromatic amines is 1. The average Bonchev–Trinajstić information content (AvgIpc) is 3.51. The van der Waals surface area contributed by atoms with Crippen molar-refractivity contribution in [2.75, 3.05) is 24.5 Å². The molecule has 1 aromatic heterocycles. The summed E-state index contributed by atoms with van der Waals surface area (Å²) in [5.41, 5.74) is 2.84. The summed E-state index contributed by atoms with van der Waals surface area (Å²) >= 11 is 0. The molecule has 2 saturated heterocycles. The second kappa shape index (κ2) is 9.41. The van der Waals surface area contributed by atoms with Crippen molar-refractivity contribution < 1.29 is 4.39 Å². The predicted octanol–water partition coefficient (Wildman–Crippen LogP) is 4.53. The molecular weight excluding hydrogens is 441 g/mol. The van der Waals surface area contributed by atoms with Gasteiger partial charge in [0.25, 0.3) is 0 Å². The van der Waals surface area contributed by atoms with Crippen molar-refractivity contribution in [3.05, 3.63) is 60.2 Å². The molecule has 7 nitrogen and oxygen atoms in total. The van der Waals surface area contributed by atoms with Crippen molar-refractivity contribution in [2.45, 2.75) is 45.4 Å². The van der Waals surface area contributed by atoms with Gasteiger partial charge >= 0.3 is 0 Å². The van der Waals surface area contributed by atoms with Crippen LogP contribution in [-0.4, -0.2) is 52.5 Å². The van der Waals surface area contributed by atoms with Gasteiger partial charge in [-0.05, 0) is 61.9 Å². The third-order valence-corrected chi connectivity index (χ3v) is 7.34. The van der Waals surface area contributed by atoms with Gasteiger partial charge in [-0.15, -0.1) is 0 Å². The zero-order chi connectivity index (χ0) is 23.8. The summed E-state index contributed by atoms with van der Waals surface area (Å²) in [7, 11) is 0. The van der Waals surface area contributed by atoms with Crippen molar-refractivity contribution in [3.8, 4) is 0 Å². The van der Waals surface area contributed by atoms with Gasteiger partial charge in [-0.25, -0.2) is 14.4 Å². The number of likely N-dealkylation sites (tertiary alicyclic amines) is 1. The van der Waals surface area contributed by atoms with Crippen LogP contribution in [0.5, 0.6) is 0 Å². The number of benzene rings is 2. The van der Waals surface area contributed by atoms with Crippen molar-refractivity contribution in [3.63, 3.8) is 0 Å². The molecular formula is C27H32FN7. The number of hydrogen-bond donors (Lipinski definition) is 2. The van der Waals surface area contributed by atoms with E-state index in [4.69, 9.17) is 15.0 Å². The molecule has 2 N–H and O–H groups in total. The Bertz CT molecular complexity index is 1230. The molecule has 3 atom stereocenters. The maximum Gasteiger partial charge on any atom is 0.179 e. The second-order valence-electron chi connectivity index (χ2n) is 9.98. The molecule has 2 fully saturated rings. The van der Waals surface area contributed by atoms with E-state index in [1.165, 1.54) is 18.9 Å². The number of amidine groups is 2. The number of nitrogens with zero attached hydrogens (tertiary/aromatic N) is 5. The van der Waals surface area contributed by atoms with Crippen molar-refractivity contribution in [2.24, 2.45) is 21.8 Å². The van der Waals surface area contributed by atoms with Crippen LogP contribution in [0, 0.1) is 17.7 Å². The van der Waals surface area contributed by atoms with E-state index in [9.17, 15) is 4.39 Å². The molecule has 4 heterocycles. The Morgan fingerprint density at radius 1 is 1.09 bits per heavy atom. The Kier molecular flexibility index (Phi) is 5.98. The van der Waals surface area contributed by atoms with E-state index in [-0.39, 0.29) is 18.0 Å². The second-order valence-corrected chi connectivity index (χ2v) is 9.98. The number of H-pyrrole nitrogens is 1. The summed E-state index contributed by atoms with van der Waals surface area (Å²) in [5.74, 6) is 3.10. The average molecular weight is 474 g/mol. The number of fused-ring (bicyclic) bond motifs is 2. The summed E-state index contributed by atoms with van der Waals surface area (Å²) in [6.07, 6.45) is 4.24. The highest BCUT2D eigenvalue weighted by Crippen LogP contribution is 2.31. The lowest BCUT2D eigenvalue weighted by atomic mass is 9.96. The van der Waals surface area contributed by atoms with Gasteiger partial charge in [0.2, 0.25) is 0 Å². The molecule has 182 valence electrons. The maximum absolute atomic E-state index is 14.2. The lowest BCUT2D eigenvalue weighted by Crippen LogP contribution is -2.56. The summed E-state index contributed by atoms with van der Waals surface area (Å²) in [5, 5.41) is 3.67. The number of nitrogens with one attached hydrogen (secondary N) is 2. The summed E-state index contributed by atoms with van der Waals surface area (Å²) in [4.78, 5) is 23.0. The van der Waals surface area contributed by atoms with Crippen LogP contribution in [-0.2, 0) is 6.54 Å². The maximum atomic E-state index is 14.2. The molecule has 0 radical (unpaired) electrons. The first kappa shape index (κ1) is 22.2. The fourth-order valence-corrected chi connectivity index (χ4v) is 5.51. The quantitative estimate of drug-likeness (QED) is 0.584. The third kappa shape index (κ3) is 4.55. The van der Waals surface area contributed by atoms with Crippen LogP contribution in [0.4, 0.5) is 10.1 Å². The molecule has 0 bridgehead atoms. The molecule has 0 spiro atoms. The van der Waals surface area contributed by atoms with Crippen LogP contribution < -0.4 is 10.2 Å². The lowest BCUT2D eigenvalue weighted by Gasteiger charge is -2.38. The summed E-state index contributed by atoms with van der Waals surface area (Å²) in [6, 6.07) is 14.9. The predicted molar refractivity (Wildman–Crippen MR) is 138 cm³/mol. The minimum Gasteiger partial charge on any atom is -0.340 e. The van der Waals surface area contributed by atoms with E-state index in [0.29, 0.717) is 12.5 Å². The highest BCUT2D eigenvalue weighted by atomic mass is 19.1. The summed E-state index contributed by atoms with van der Waals surface area (Å²) < 4.78 is 14.2. The molecule has 3 unspecified atom stereocenters. The zero-order valence-corrected chi connectivity index (χ0v) is 20.1. The third-order valence-electron chi connectivity index (χ3n) is 7.34. The number of imidazole rings is 1. The fourth-order valence-electron chi connectivity index (χ4n) is 5.51. The highest BCUT2D eigenvalue weighted by molar-refractivity contribution is 6.14. The Morgan fingerprint density at radius 3 is 2.77 bits per heavy atom. The Morgan fingerprint density at radius 2 is 1.94 bits per heavy atom. The first-order valence-corrected chi connectivity index (χ1v) is 12.7. The van der Waals surface area contributed by atoms with Crippen molar-refractivity contribution in [1.82, 2.24) is 20.2 Å². The van der Waals surface area contributed by atoms with Crippen LogP contribution in [0.2, 0.25) is 0 Å². The van der Waals surface area contributed by atoms with E-state index in [1.54, 1.807) is 12.1 Å². The minimum atomic E-state index is -0.222. The number of aliphatic imine (C=N–C) groups is 2. The van der Waals surface area contributed by atoms with Gasteiger partial charge in [0.05, 0.1) is 23.5 Å². The minimum absolute atomic E-state index is 0.0476. The van der Waals surface area contributed by atoms with E-state index in [2.05, 4.69) is 27.0 Å². The Hall–Kier alpha value is -3.26. The molecule has 6 rings (SSSR count).